The average Bonchev–Trinajstić information content (AvgIpc) is 2.45. The van der Waals surface area contributed by atoms with Crippen LogP contribution < -0.4 is 5.73 Å². The molecule has 2 saturated carbocycles. The van der Waals surface area contributed by atoms with E-state index in [0.717, 1.165) is 32.3 Å². The molecule has 1 saturated heterocycles. The van der Waals surface area contributed by atoms with Crippen LogP contribution in [0.1, 0.15) is 57.8 Å². The van der Waals surface area contributed by atoms with Gasteiger partial charge in [0.25, 0.3) is 0 Å². The third kappa shape index (κ3) is 2.59. The fourth-order valence-corrected chi connectivity index (χ4v) is 4.36. The first-order valence-corrected chi connectivity index (χ1v) is 8.12. The minimum Gasteiger partial charge on any atom is -0.375 e. The van der Waals surface area contributed by atoms with Gasteiger partial charge in [0.2, 0.25) is 0 Å². The van der Waals surface area contributed by atoms with Gasteiger partial charge in [0.05, 0.1) is 5.60 Å². The van der Waals surface area contributed by atoms with Crippen LogP contribution in [-0.4, -0.2) is 24.5 Å². The molecule has 3 aliphatic rings. The Labute approximate surface area is 116 Å². The van der Waals surface area contributed by atoms with Gasteiger partial charge in [-0.05, 0) is 57.4 Å². The van der Waals surface area contributed by atoms with Gasteiger partial charge in [-0.3, -0.25) is 4.79 Å². The van der Waals surface area contributed by atoms with Crippen LogP contribution in [0.2, 0.25) is 0 Å². The minimum absolute atomic E-state index is 0.0887. The number of carbonyl (C=O) groups is 1. The van der Waals surface area contributed by atoms with Crippen molar-refractivity contribution in [1.29, 1.82) is 0 Å². The van der Waals surface area contributed by atoms with Crippen LogP contribution in [0.5, 0.6) is 0 Å². The van der Waals surface area contributed by atoms with Gasteiger partial charge in [-0.1, -0.05) is 12.8 Å². The normalized spacial score (nSPS) is 37.8. The van der Waals surface area contributed by atoms with Crippen LogP contribution in [0, 0.1) is 17.8 Å². The van der Waals surface area contributed by atoms with Crippen molar-refractivity contribution in [2.24, 2.45) is 23.5 Å². The van der Waals surface area contributed by atoms with Crippen molar-refractivity contribution in [3.8, 4) is 0 Å². The quantitative estimate of drug-likeness (QED) is 0.853. The van der Waals surface area contributed by atoms with E-state index in [4.69, 9.17) is 10.5 Å². The summed E-state index contributed by atoms with van der Waals surface area (Å²) >= 11 is 0. The number of Topliss-reactive ketones (excluding diaryl/α,β-unsaturated/α-hetero) is 1. The molecule has 0 aromatic rings. The predicted octanol–water partition coefficient (Wildman–Crippen LogP) is 2.67. The minimum atomic E-state index is 0.0887. The SMILES string of the molecule is NCC1CCCCC1C(=O)C1CCOC2(CCC2)C1. The maximum Gasteiger partial charge on any atom is 0.139 e. The van der Waals surface area contributed by atoms with Crippen LogP contribution in [-0.2, 0) is 9.53 Å². The van der Waals surface area contributed by atoms with Gasteiger partial charge in [0.1, 0.15) is 5.78 Å². The summed E-state index contributed by atoms with van der Waals surface area (Å²) in [4.78, 5) is 12.8. The monoisotopic (exact) mass is 265 g/mol. The Kier molecular flexibility index (Phi) is 3.95. The third-order valence-electron chi connectivity index (χ3n) is 5.74. The number of ether oxygens (including phenoxy) is 1. The first kappa shape index (κ1) is 13.6. The highest BCUT2D eigenvalue weighted by molar-refractivity contribution is 5.84. The molecule has 0 aromatic carbocycles. The molecule has 3 nitrogen and oxygen atoms in total. The van der Waals surface area contributed by atoms with E-state index in [1.165, 1.54) is 32.1 Å². The highest BCUT2D eigenvalue weighted by Crippen LogP contribution is 2.46. The van der Waals surface area contributed by atoms with E-state index in [2.05, 4.69) is 0 Å². The molecule has 3 atom stereocenters. The number of nitrogens with two attached hydrogens (primary N) is 1. The summed E-state index contributed by atoms with van der Waals surface area (Å²) in [6.45, 7) is 1.47. The van der Waals surface area contributed by atoms with Crippen molar-refractivity contribution in [1.82, 2.24) is 0 Å². The molecule has 19 heavy (non-hydrogen) atoms. The van der Waals surface area contributed by atoms with E-state index >= 15 is 0 Å². The molecule has 3 unspecified atom stereocenters. The molecule has 108 valence electrons. The standard InChI is InChI=1S/C16H27NO2/c17-11-13-4-1-2-5-14(13)15(18)12-6-9-19-16(10-12)7-3-8-16/h12-14H,1-11,17H2. The second-order valence-corrected chi connectivity index (χ2v) is 6.86. The molecule has 1 spiro atoms. The van der Waals surface area contributed by atoms with Gasteiger partial charge in [-0.25, -0.2) is 0 Å². The lowest BCUT2D eigenvalue weighted by Crippen LogP contribution is -2.48. The molecule has 1 aliphatic heterocycles. The van der Waals surface area contributed by atoms with E-state index in [0.29, 0.717) is 18.2 Å². The van der Waals surface area contributed by atoms with Crippen molar-refractivity contribution in [3.63, 3.8) is 0 Å². The van der Waals surface area contributed by atoms with E-state index in [-0.39, 0.29) is 17.4 Å². The number of hydrogen-bond acceptors (Lipinski definition) is 3. The van der Waals surface area contributed by atoms with Crippen molar-refractivity contribution in [3.05, 3.63) is 0 Å². The van der Waals surface area contributed by atoms with Crippen molar-refractivity contribution >= 4 is 5.78 Å². The molecule has 0 bridgehead atoms. The molecule has 2 N–H and O–H groups in total. The fourth-order valence-electron chi connectivity index (χ4n) is 4.36. The summed E-state index contributed by atoms with van der Waals surface area (Å²) in [5, 5.41) is 0. The number of rotatable bonds is 3. The summed E-state index contributed by atoms with van der Waals surface area (Å²) in [5.74, 6) is 1.47. The van der Waals surface area contributed by atoms with Gasteiger partial charge < -0.3 is 10.5 Å². The van der Waals surface area contributed by atoms with E-state index in [1.807, 2.05) is 0 Å². The molecule has 0 radical (unpaired) electrons. The van der Waals surface area contributed by atoms with Crippen LogP contribution in [0.15, 0.2) is 0 Å². The summed E-state index contributed by atoms with van der Waals surface area (Å²) in [5.41, 5.74) is 5.96. The van der Waals surface area contributed by atoms with Crippen molar-refractivity contribution in [2.75, 3.05) is 13.2 Å². The van der Waals surface area contributed by atoms with Crippen molar-refractivity contribution < 1.29 is 9.53 Å². The molecule has 3 fully saturated rings. The molecular formula is C16H27NO2. The van der Waals surface area contributed by atoms with Gasteiger partial charge in [-0.15, -0.1) is 0 Å². The van der Waals surface area contributed by atoms with Crippen LogP contribution in [0.25, 0.3) is 0 Å². The molecule has 2 aliphatic carbocycles. The molecule has 0 aromatic heterocycles. The lowest BCUT2D eigenvalue weighted by atomic mass is 9.67. The number of carbonyl (C=O) groups excluding carboxylic acids is 1. The van der Waals surface area contributed by atoms with Crippen LogP contribution in [0.3, 0.4) is 0 Å². The Bertz CT molecular complexity index is 338. The highest BCUT2D eigenvalue weighted by atomic mass is 16.5. The van der Waals surface area contributed by atoms with Crippen molar-refractivity contribution in [2.45, 2.75) is 63.4 Å². The smallest absolute Gasteiger partial charge is 0.139 e. The Morgan fingerprint density at radius 2 is 1.95 bits per heavy atom. The highest BCUT2D eigenvalue weighted by Gasteiger charge is 2.46. The Morgan fingerprint density at radius 1 is 1.16 bits per heavy atom. The second kappa shape index (κ2) is 5.53. The van der Waals surface area contributed by atoms with Crippen LogP contribution >= 0.6 is 0 Å². The first-order valence-electron chi connectivity index (χ1n) is 8.12. The Balaban J connectivity index is 1.65. The zero-order chi connectivity index (χ0) is 13.3. The zero-order valence-electron chi connectivity index (χ0n) is 11.9. The molecule has 3 rings (SSSR count). The van der Waals surface area contributed by atoms with E-state index in [1.54, 1.807) is 0 Å². The van der Waals surface area contributed by atoms with E-state index in [9.17, 15) is 4.79 Å². The fraction of sp³-hybridized carbons (Fsp3) is 0.938. The predicted molar refractivity (Wildman–Crippen MR) is 74.8 cm³/mol. The number of ketones is 1. The second-order valence-electron chi connectivity index (χ2n) is 6.86. The van der Waals surface area contributed by atoms with Gasteiger partial charge >= 0.3 is 0 Å². The summed E-state index contributed by atoms with van der Waals surface area (Å²) in [7, 11) is 0. The third-order valence-corrected chi connectivity index (χ3v) is 5.74. The summed E-state index contributed by atoms with van der Waals surface area (Å²) < 4.78 is 5.95. The van der Waals surface area contributed by atoms with E-state index < -0.39 is 0 Å². The average molecular weight is 265 g/mol. The number of hydrogen-bond donors (Lipinski definition) is 1. The van der Waals surface area contributed by atoms with Gasteiger partial charge in [0.15, 0.2) is 0 Å². The maximum atomic E-state index is 12.8. The van der Waals surface area contributed by atoms with Gasteiger partial charge in [0, 0.05) is 18.4 Å². The summed E-state index contributed by atoms with van der Waals surface area (Å²) in [6, 6.07) is 0. The molecular weight excluding hydrogens is 238 g/mol. The maximum absolute atomic E-state index is 12.8. The lowest BCUT2D eigenvalue weighted by Gasteiger charge is -2.47. The van der Waals surface area contributed by atoms with Crippen LogP contribution in [0.4, 0.5) is 0 Å². The summed E-state index contributed by atoms with van der Waals surface area (Å²) in [6.07, 6.45) is 10.2. The van der Waals surface area contributed by atoms with Gasteiger partial charge in [-0.2, -0.15) is 0 Å². The molecule has 1 heterocycles. The lowest BCUT2D eigenvalue weighted by molar-refractivity contribution is -0.159. The zero-order valence-corrected chi connectivity index (χ0v) is 11.9. The topological polar surface area (TPSA) is 52.3 Å². The Hall–Kier alpha value is -0.410. The molecule has 0 amide bonds. The first-order chi connectivity index (χ1) is 9.24. The Morgan fingerprint density at radius 3 is 2.63 bits per heavy atom. The largest absolute Gasteiger partial charge is 0.375 e. The molecule has 3 heteroatoms.